The van der Waals surface area contributed by atoms with Crippen molar-refractivity contribution in [3.63, 3.8) is 0 Å². The summed E-state index contributed by atoms with van der Waals surface area (Å²) in [5, 5.41) is 11.6. The number of carbonyl (C=O) groups excluding carboxylic acids is 1. The molecule has 1 amide bonds. The van der Waals surface area contributed by atoms with Crippen molar-refractivity contribution in [1.82, 2.24) is 10.2 Å². The van der Waals surface area contributed by atoms with Crippen LogP contribution >= 0.6 is 0 Å². The van der Waals surface area contributed by atoms with Crippen molar-refractivity contribution in [2.45, 2.75) is 19.8 Å². The van der Waals surface area contributed by atoms with Gasteiger partial charge in [0.05, 0.1) is 6.54 Å². The molecule has 0 saturated heterocycles. The largest absolute Gasteiger partial charge is 0.480 e. The number of hydrogen-bond donors (Lipinski definition) is 2. The van der Waals surface area contributed by atoms with Gasteiger partial charge in [-0.05, 0) is 32.2 Å². The van der Waals surface area contributed by atoms with Crippen molar-refractivity contribution >= 4 is 11.9 Å². The van der Waals surface area contributed by atoms with Crippen molar-refractivity contribution in [3.05, 3.63) is 0 Å². The highest BCUT2D eigenvalue weighted by Crippen LogP contribution is 2.27. The first kappa shape index (κ1) is 12.0. The fourth-order valence-corrected chi connectivity index (χ4v) is 1.36. The SMILES string of the molecule is CCN(CC(=O)O)C(=O)CNCC1CC1. The lowest BCUT2D eigenvalue weighted by Crippen LogP contribution is -2.41. The van der Waals surface area contributed by atoms with Crippen LogP contribution in [0.4, 0.5) is 0 Å². The van der Waals surface area contributed by atoms with E-state index in [1.165, 1.54) is 17.7 Å². The molecule has 86 valence electrons. The Morgan fingerprint density at radius 2 is 2.13 bits per heavy atom. The Morgan fingerprint density at radius 1 is 1.47 bits per heavy atom. The van der Waals surface area contributed by atoms with E-state index in [4.69, 9.17) is 5.11 Å². The van der Waals surface area contributed by atoms with Crippen molar-refractivity contribution in [2.24, 2.45) is 5.92 Å². The Kier molecular flexibility index (Phi) is 4.55. The van der Waals surface area contributed by atoms with E-state index in [1.54, 1.807) is 6.92 Å². The van der Waals surface area contributed by atoms with Crippen molar-refractivity contribution in [1.29, 1.82) is 0 Å². The molecule has 0 atom stereocenters. The Labute approximate surface area is 89.4 Å². The average molecular weight is 214 g/mol. The Balaban J connectivity index is 2.18. The van der Waals surface area contributed by atoms with E-state index >= 15 is 0 Å². The van der Waals surface area contributed by atoms with Crippen LogP contribution in [0.2, 0.25) is 0 Å². The first-order valence-corrected chi connectivity index (χ1v) is 5.33. The zero-order chi connectivity index (χ0) is 11.3. The van der Waals surface area contributed by atoms with Crippen molar-refractivity contribution in [3.8, 4) is 0 Å². The summed E-state index contributed by atoms with van der Waals surface area (Å²) < 4.78 is 0. The molecule has 0 unspecified atom stereocenters. The third-order valence-corrected chi connectivity index (χ3v) is 2.47. The molecule has 0 bridgehead atoms. The van der Waals surface area contributed by atoms with Gasteiger partial charge in [-0.1, -0.05) is 0 Å². The Hall–Kier alpha value is -1.10. The number of aliphatic carboxylic acids is 1. The maximum Gasteiger partial charge on any atom is 0.323 e. The van der Waals surface area contributed by atoms with Crippen molar-refractivity contribution < 1.29 is 14.7 Å². The van der Waals surface area contributed by atoms with E-state index in [0.717, 1.165) is 12.5 Å². The van der Waals surface area contributed by atoms with Gasteiger partial charge in [-0.25, -0.2) is 0 Å². The minimum Gasteiger partial charge on any atom is -0.480 e. The lowest BCUT2D eigenvalue weighted by Gasteiger charge is -2.18. The zero-order valence-corrected chi connectivity index (χ0v) is 9.03. The zero-order valence-electron chi connectivity index (χ0n) is 9.03. The summed E-state index contributed by atoms with van der Waals surface area (Å²) in [5.74, 6) is -0.375. The lowest BCUT2D eigenvalue weighted by molar-refractivity contribution is -0.143. The maximum atomic E-state index is 11.5. The third-order valence-electron chi connectivity index (χ3n) is 2.47. The molecule has 1 saturated carbocycles. The number of carboxylic acids is 1. The quantitative estimate of drug-likeness (QED) is 0.622. The van der Waals surface area contributed by atoms with Crippen LogP contribution in [0.3, 0.4) is 0 Å². The minimum atomic E-state index is -0.965. The highest BCUT2D eigenvalue weighted by atomic mass is 16.4. The van der Waals surface area contributed by atoms with Crippen LogP contribution in [0.25, 0.3) is 0 Å². The number of rotatable bonds is 7. The Morgan fingerprint density at radius 3 is 2.60 bits per heavy atom. The highest BCUT2D eigenvalue weighted by molar-refractivity contribution is 5.82. The molecular formula is C10H18N2O3. The lowest BCUT2D eigenvalue weighted by atomic mass is 10.4. The second-order valence-corrected chi connectivity index (χ2v) is 3.88. The molecule has 0 aromatic carbocycles. The van der Waals surface area contributed by atoms with E-state index < -0.39 is 5.97 Å². The van der Waals surface area contributed by atoms with Crippen LogP contribution in [0.15, 0.2) is 0 Å². The summed E-state index contributed by atoms with van der Waals surface area (Å²) in [6.45, 7) is 3.13. The number of amides is 1. The van der Waals surface area contributed by atoms with Gasteiger partial charge in [0.25, 0.3) is 0 Å². The second-order valence-electron chi connectivity index (χ2n) is 3.88. The highest BCUT2D eigenvalue weighted by Gasteiger charge is 2.21. The summed E-state index contributed by atoms with van der Waals surface area (Å²) in [4.78, 5) is 23.3. The minimum absolute atomic E-state index is 0.138. The standard InChI is InChI=1S/C10H18N2O3/c1-2-12(7-10(14)15)9(13)6-11-5-8-3-4-8/h8,11H,2-7H2,1H3,(H,14,15). The van der Waals surface area contributed by atoms with E-state index in [2.05, 4.69) is 5.32 Å². The van der Waals surface area contributed by atoms with Gasteiger partial charge in [0, 0.05) is 6.54 Å². The molecule has 5 nitrogen and oxygen atoms in total. The second kappa shape index (κ2) is 5.70. The number of carboxylic acid groups (broad SMARTS) is 1. The van der Waals surface area contributed by atoms with Crippen molar-refractivity contribution in [2.75, 3.05) is 26.2 Å². The normalized spacial score (nSPS) is 15.0. The van der Waals surface area contributed by atoms with E-state index in [1.807, 2.05) is 0 Å². The predicted molar refractivity (Wildman–Crippen MR) is 55.5 cm³/mol. The molecule has 0 aromatic heterocycles. The maximum absolute atomic E-state index is 11.5. The van der Waals surface area contributed by atoms with E-state index in [0.29, 0.717) is 6.54 Å². The molecular weight excluding hydrogens is 196 g/mol. The number of likely N-dealkylation sites (N-methyl/N-ethyl adjacent to an activating group) is 1. The predicted octanol–water partition coefficient (Wildman–Crippen LogP) is -0.0809. The van der Waals surface area contributed by atoms with Gasteiger partial charge in [-0.15, -0.1) is 0 Å². The van der Waals surface area contributed by atoms with Gasteiger partial charge >= 0.3 is 5.97 Å². The average Bonchev–Trinajstić information content (AvgIpc) is 2.97. The molecule has 0 radical (unpaired) electrons. The molecule has 1 fully saturated rings. The molecule has 1 rings (SSSR count). The van der Waals surface area contributed by atoms with Gasteiger partial charge in [-0.2, -0.15) is 0 Å². The molecule has 5 heteroatoms. The van der Waals surface area contributed by atoms with E-state index in [9.17, 15) is 9.59 Å². The number of carbonyl (C=O) groups is 2. The van der Waals surface area contributed by atoms with Gasteiger partial charge in [-0.3, -0.25) is 9.59 Å². The number of nitrogens with one attached hydrogen (secondary N) is 1. The van der Waals surface area contributed by atoms with Crippen LogP contribution in [0.1, 0.15) is 19.8 Å². The van der Waals surface area contributed by atoms with Gasteiger partial charge in [0.15, 0.2) is 0 Å². The molecule has 2 N–H and O–H groups in total. The summed E-state index contributed by atoms with van der Waals surface area (Å²) in [6.07, 6.45) is 2.49. The summed E-state index contributed by atoms with van der Waals surface area (Å²) in [7, 11) is 0. The first-order valence-electron chi connectivity index (χ1n) is 5.33. The third kappa shape index (κ3) is 4.78. The fourth-order valence-electron chi connectivity index (χ4n) is 1.36. The monoisotopic (exact) mass is 214 g/mol. The van der Waals surface area contributed by atoms with Gasteiger partial charge in [0.1, 0.15) is 6.54 Å². The van der Waals surface area contributed by atoms with Crippen LogP contribution < -0.4 is 5.32 Å². The smallest absolute Gasteiger partial charge is 0.323 e. The molecule has 0 aromatic rings. The van der Waals surface area contributed by atoms with Crippen LogP contribution in [0.5, 0.6) is 0 Å². The topological polar surface area (TPSA) is 69.6 Å². The molecule has 15 heavy (non-hydrogen) atoms. The molecule has 0 heterocycles. The summed E-state index contributed by atoms with van der Waals surface area (Å²) in [6, 6.07) is 0. The summed E-state index contributed by atoms with van der Waals surface area (Å²) >= 11 is 0. The number of nitrogens with zero attached hydrogens (tertiary/aromatic N) is 1. The molecule has 0 spiro atoms. The molecule has 0 aliphatic heterocycles. The van der Waals surface area contributed by atoms with Gasteiger partial charge < -0.3 is 15.3 Å². The Bertz CT molecular complexity index is 239. The van der Waals surface area contributed by atoms with Crippen LogP contribution in [0, 0.1) is 5.92 Å². The molecule has 1 aliphatic rings. The fraction of sp³-hybridized carbons (Fsp3) is 0.800. The van der Waals surface area contributed by atoms with Crippen LogP contribution in [-0.4, -0.2) is 48.1 Å². The van der Waals surface area contributed by atoms with Crippen LogP contribution in [-0.2, 0) is 9.59 Å². The van der Waals surface area contributed by atoms with E-state index in [-0.39, 0.29) is 19.0 Å². The van der Waals surface area contributed by atoms with Gasteiger partial charge in [0.2, 0.25) is 5.91 Å². The first-order chi connectivity index (χ1) is 7.13. The number of hydrogen-bond acceptors (Lipinski definition) is 3. The molecule has 1 aliphatic carbocycles. The summed E-state index contributed by atoms with van der Waals surface area (Å²) in [5.41, 5.74) is 0.